The Balaban J connectivity index is 3.74. The average molecular weight is 182 g/mol. The molecule has 0 radical (unpaired) electrons. The first-order valence-corrected chi connectivity index (χ1v) is 5.17. The van der Waals surface area contributed by atoms with Gasteiger partial charge in [0.15, 0.2) is 0 Å². The van der Waals surface area contributed by atoms with E-state index in [1.807, 2.05) is 6.26 Å². The zero-order valence-corrected chi connectivity index (χ0v) is 9.18. The Hall–Kier alpha value is -0.720. The van der Waals surface area contributed by atoms with Gasteiger partial charge in [-0.1, -0.05) is 31.9 Å². The van der Waals surface area contributed by atoms with E-state index in [9.17, 15) is 0 Å². The lowest BCUT2D eigenvalue weighted by Crippen LogP contribution is -1.85. The second-order valence-corrected chi connectivity index (χ2v) is 3.24. The minimum absolute atomic E-state index is 1.04. The SMILES string of the molecule is C/C=C/C/C(=C/OC)CCCCC. The summed E-state index contributed by atoms with van der Waals surface area (Å²) in [5.41, 5.74) is 1.40. The summed E-state index contributed by atoms with van der Waals surface area (Å²) in [7, 11) is 1.72. The van der Waals surface area contributed by atoms with Gasteiger partial charge in [0, 0.05) is 0 Å². The summed E-state index contributed by atoms with van der Waals surface area (Å²) in [6.07, 6.45) is 12.2. The fourth-order valence-corrected chi connectivity index (χ4v) is 1.25. The second kappa shape index (κ2) is 9.37. The smallest absolute Gasteiger partial charge is 0.0819 e. The van der Waals surface area contributed by atoms with Crippen molar-refractivity contribution in [3.63, 3.8) is 0 Å². The predicted molar refractivity (Wildman–Crippen MR) is 58.7 cm³/mol. The van der Waals surface area contributed by atoms with Gasteiger partial charge in [0.25, 0.3) is 0 Å². The van der Waals surface area contributed by atoms with Crippen molar-refractivity contribution in [3.05, 3.63) is 24.0 Å². The third-order valence-electron chi connectivity index (χ3n) is 2.00. The van der Waals surface area contributed by atoms with Crippen molar-refractivity contribution >= 4 is 0 Å². The van der Waals surface area contributed by atoms with Crippen molar-refractivity contribution in [2.75, 3.05) is 7.11 Å². The maximum absolute atomic E-state index is 5.04. The average Bonchev–Trinajstić information content (AvgIpc) is 2.14. The molecule has 0 spiro atoms. The standard InChI is InChI=1S/C12H22O/c1-4-6-8-10-12(11-13-3)9-7-5-2/h5,7,11H,4,6,8-10H2,1-3H3/b7-5+,12-11-. The molecule has 0 atom stereocenters. The molecule has 1 heteroatoms. The number of unbranched alkanes of at least 4 members (excludes halogenated alkanes) is 2. The number of rotatable bonds is 7. The molecule has 0 aliphatic heterocycles. The van der Waals surface area contributed by atoms with Crippen LogP contribution in [0.3, 0.4) is 0 Å². The van der Waals surface area contributed by atoms with Crippen LogP contribution < -0.4 is 0 Å². The van der Waals surface area contributed by atoms with Gasteiger partial charge in [-0.05, 0) is 31.8 Å². The van der Waals surface area contributed by atoms with Crippen LogP contribution in [0.2, 0.25) is 0 Å². The Morgan fingerprint density at radius 1 is 1.31 bits per heavy atom. The highest BCUT2D eigenvalue weighted by Crippen LogP contribution is 2.13. The monoisotopic (exact) mass is 182 g/mol. The van der Waals surface area contributed by atoms with E-state index in [-0.39, 0.29) is 0 Å². The van der Waals surface area contributed by atoms with Crippen LogP contribution in [0.4, 0.5) is 0 Å². The molecule has 0 aromatic rings. The second-order valence-electron chi connectivity index (χ2n) is 3.24. The van der Waals surface area contributed by atoms with Crippen molar-refractivity contribution in [1.29, 1.82) is 0 Å². The van der Waals surface area contributed by atoms with Gasteiger partial charge in [0.05, 0.1) is 13.4 Å². The normalized spacial score (nSPS) is 12.4. The molecule has 13 heavy (non-hydrogen) atoms. The Kier molecular flexibility index (Phi) is 8.85. The Morgan fingerprint density at radius 3 is 2.62 bits per heavy atom. The largest absolute Gasteiger partial charge is 0.504 e. The van der Waals surface area contributed by atoms with E-state index in [1.54, 1.807) is 7.11 Å². The molecule has 1 nitrogen and oxygen atoms in total. The third kappa shape index (κ3) is 7.63. The van der Waals surface area contributed by atoms with E-state index < -0.39 is 0 Å². The Labute approximate surface area is 82.5 Å². The highest BCUT2D eigenvalue weighted by Gasteiger charge is 1.95. The molecule has 0 amide bonds. The minimum Gasteiger partial charge on any atom is -0.504 e. The highest BCUT2D eigenvalue weighted by molar-refractivity contribution is 5.04. The fraction of sp³-hybridized carbons (Fsp3) is 0.667. The molecule has 76 valence electrons. The van der Waals surface area contributed by atoms with E-state index in [0.29, 0.717) is 0 Å². The maximum atomic E-state index is 5.04. The van der Waals surface area contributed by atoms with Gasteiger partial charge < -0.3 is 4.74 Å². The lowest BCUT2D eigenvalue weighted by molar-refractivity contribution is 0.331. The number of hydrogen-bond acceptors (Lipinski definition) is 1. The van der Waals surface area contributed by atoms with Crippen LogP contribution >= 0.6 is 0 Å². The molecule has 0 heterocycles. The topological polar surface area (TPSA) is 9.23 Å². The molecule has 0 aliphatic rings. The van der Waals surface area contributed by atoms with Gasteiger partial charge in [-0.3, -0.25) is 0 Å². The Bertz CT molecular complexity index is 157. The maximum Gasteiger partial charge on any atom is 0.0819 e. The predicted octanol–water partition coefficient (Wildman–Crippen LogP) is 4.06. The summed E-state index contributed by atoms with van der Waals surface area (Å²) < 4.78 is 5.04. The molecule has 0 rings (SSSR count). The lowest BCUT2D eigenvalue weighted by Gasteiger charge is -2.03. The van der Waals surface area contributed by atoms with Gasteiger partial charge >= 0.3 is 0 Å². The molecule has 0 N–H and O–H groups in total. The van der Waals surface area contributed by atoms with Crippen molar-refractivity contribution in [2.24, 2.45) is 0 Å². The Morgan fingerprint density at radius 2 is 2.08 bits per heavy atom. The number of allylic oxidation sites excluding steroid dienone is 3. The molecule has 0 fully saturated rings. The molecular formula is C12H22O. The summed E-state index contributed by atoms with van der Waals surface area (Å²) in [5, 5.41) is 0. The summed E-state index contributed by atoms with van der Waals surface area (Å²) in [4.78, 5) is 0. The van der Waals surface area contributed by atoms with Crippen LogP contribution in [0.15, 0.2) is 24.0 Å². The zero-order valence-electron chi connectivity index (χ0n) is 9.18. The first-order valence-electron chi connectivity index (χ1n) is 5.17. The third-order valence-corrected chi connectivity index (χ3v) is 2.00. The fourth-order valence-electron chi connectivity index (χ4n) is 1.25. The minimum atomic E-state index is 1.04. The van der Waals surface area contributed by atoms with E-state index >= 15 is 0 Å². The van der Waals surface area contributed by atoms with Gasteiger partial charge in [-0.25, -0.2) is 0 Å². The molecule has 0 aliphatic carbocycles. The number of ether oxygens (including phenoxy) is 1. The van der Waals surface area contributed by atoms with E-state index in [1.165, 1.54) is 31.3 Å². The van der Waals surface area contributed by atoms with Crippen molar-refractivity contribution in [2.45, 2.75) is 46.0 Å². The first-order chi connectivity index (χ1) is 6.35. The van der Waals surface area contributed by atoms with Gasteiger partial charge in [0.1, 0.15) is 0 Å². The summed E-state index contributed by atoms with van der Waals surface area (Å²) >= 11 is 0. The first kappa shape index (κ1) is 12.3. The van der Waals surface area contributed by atoms with Crippen LogP contribution in [0.1, 0.15) is 46.0 Å². The molecule has 0 aromatic heterocycles. The number of methoxy groups -OCH3 is 1. The van der Waals surface area contributed by atoms with Crippen molar-refractivity contribution < 1.29 is 4.74 Å². The molecule has 0 saturated heterocycles. The summed E-state index contributed by atoms with van der Waals surface area (Å²) in [6.45, 7) is 4.28. The van der Waals surface area contributed by atoms with Gasteiger partial charge in [-0.15, -0.1) is 0 Å². The van der Waals surface area contributed by atoms with Crippen molar-refractivity contribution in [3.8, 4) is 0 Å². The lowest BCUT2D eigenvalue weighted by atomic mass is 10.1. The molecule has 0 saturated carbocycles. The van der Waals surface area contributed by atoms with E-state index in [2.05, 4.69) is 26.0 Å². The van der Waals surface area contributed by atoms with Crippen LogP contribution in [-0.4, -0.2) is 7.11 Å². The van der Waals surface area contributed by atoms with Gasteiger partial charge in [0.2, 0.25) is 0 Å². The van der Waals surface area contributed by atoms with Gasteiger partial charge in [-0.2, -0.15) is 0 Å². The summed E-state index contributed by atoms with van der Waals surface area (Å²) in [5.74, 6) is 0. The quantitative estimate of drug-likeness (QED) is 0.328. The molecule has 0 aromatic carbocycles. The van der Waals surface area contributed by atoms with Crippen molar-refractivity contribution in [1.82, 2.24) is 0 Å². The molecule has 0 bridgehead atoms. The van der Waals surface area contributed by atoms with E-state index in [0.717, 1.165) is 6.42 Å². The van der Waals surface area contributed by atoms with Crippen LogP contribution in [0.5, 0.6) is 0 Å². The van der Waals surface area contributed by atoms with E-state index in [4.69, 9.17) is 4.74 Å². The highest BCUT2D eigenvalue weighted by atomic mass is 16.5. The molecule has 0 unspecified atom stereocenters. The van der Waals surface area contributed by atoms with Crippen LogP contribution in [-0.2, 0) is 4.74 Å². The van der Waals surface area contributed by atoms with Crippen LogP contribution in [0, 0.1) is 0 Å². The van der Waals surface area contributed by atoms with Crippen LogP contribution in [0.25, 0.3) is 0 Å². The molecular weight excluding hydrogens is 160 g/mol. The zero-order chi connectivity index (χ0) is 9.94. The number of hydrogen-bond donors (Lipinski definition) is 0. The summed E-state index contributed by atoms with van der Waals surface area (Å²) in [6, 6.07) is 0.